The van der Waals surface area contributed by atoms with E-state index >= 15 is 0 Å². The third-order valence-corrected chi connectivity index (χ3v) is 4.34. The van der Waals surface area contributed by atoms with Crippen molar-refractivity contribution in [2.45, 2.75) is 13.0 Å². The van der Waals surface area contributed by atoms with Crippen molar-refractivity contribution in [1.29, 1.82) is 0 Å². The van der Waals surface area contributed by atoms with E-state index in [2.05, 4.69) is 20.2 Å². The van der Waals surface area contributed by atoms with Gasteiger partial charge in [0.2, 0.25) is 17.6 Å². The molecule has 2 N–H and O–H groups in total. The number of pyridine rings is 1. The number of aryl methyl sites for hydroxylation is 1. The van der Waals surface area contributed by atoms with Gasteiger partial charge in [0, 0.05) is 18.7 Å². The summed E-state index contributed by atoms with van der Waals surface area (Å²) in [5, 5.41) is 8.25. The van der Waals surface area contributed by atoms with Gasteiger partial charge in [-0.15, -0.1) is 0 Å². The zero-order chi connectivity index (χ0) is 21.1. The summed E-state index contributed by atoms with van der Waals surface area (Å²) in [6.07, 6.45) is 2.80. The first-order chi connectivity index (χ1) is 14.5. The van der Waals surface area contributed by atoms with Crippen LogP contribution in [0.1, 0.15) is 11.3 Å². The van der Waals surface area contributed by atoms with Gasteiger partial charge in [0.05, 0.1) is 30.1 Å². The van der Waals surface area contributed by atoms with E-state index in [-0.39, 0.29) is 24.8 Å². The Kier molecular flexibility index (Phi) is 5.21. The van der Waals surface area contributed by atoms with Crippen molar-refractivity contribution in [2.24, 2.45) is 12.8 Å². The van der Waals surface area contributed by atoms with Crippen LogP contribution >= 0.6 is 0 Å². The van der Waals surface area contributed by atoms with Crippen LogP contribution in [-0.4, -0.2) is 30.8 Å². The molecule has 10 heteroatoms. The minimum Gasteiger partial charge on any atom is -0.471 e. The average molecular weight is 408 g/mol. The number of rotatable bonds is 7. The first-order valence-corrected chi connectivity index (χ1v) is 8.96. The molecule has 3 aromatic heterocycles. The molecule has 0 aliphatic heterocycles. The molecule has 1 aromatic carbocycles. The quantitative estimate of drug-likeness (QED) is 0.498. The van der Waals surface area contributed by atoms with Gasteiger partial charge in [0.25, 0.3) is 5.89 Å². The van der Waals surface area contributed by atoms with Crippen LogP contribution in [0.3, 0.4) is 0 Å². The summed E-state index contributed by atoms with van der Waals surface area (Å²) in [6, 6.07) is 9.90. The molecule has 30 heavy (non-hydrogen) atoms. The molecule has 0 radical (unpaired) electrons. The number of halogens is 1. The normalized spacial score (nSPS) is 10.9. The number of nitrogens with two attached hydrogens (primary N) is 1. The Hall–Kier alpha value is -4.08. The predicted octanol–water partition coefficient (Wildman–Crippen LogP) is 2.28. The molecule has 1 amide bonds. The summed E-state index contributed by atoms with van der Waals surface area (Å²) in [6.45, 7) is 0.121. The van der Waals surface area contributed by atoms with Crippen LogP contribution in [0.2, 0.25) is 0 Å². The number of hydrogen-bond donors (Lipinski definition) is 1. The maximum absolute atomic E-state index is 13.0. The first kappa shape index (κ1) is 19.2. The number of carbonyl (C=O) groups is 1. The van der Waals surface area contributed by atoms with Crippen molar-refractivity contribution in [3.05, 3.63) is 65.9 Å². The van der Waals surface area contributed by atoms with Crippen LogP contribution in [0.5, 0.6) is 5.88 Å². The molecular weight excluding hydrogens is 391 g/mol. The molecular formula is C20H17FN6O3. The van der Waals surface area contributed by atoms with Crippen molar-refractivity contribution in [2.75, 3.05) is 0 Å². The van der Waals surface area contributed by atoms with Gasteiger partial charge in [-0.3, -0.25) is 9.48 Å². The van der Waals surface area contributed by atoms with Crippen molar-refractivity contribution < 1.29 is 18.4 Å². The van der Waals surface area contributed by atoms with Crippen LogP contribution in [0.25, 0.3) is 22.8 Å². The highest BCUT2D eigenvalue weighted by Crippen LogP contribution is 2.26. The number of amides is 1. The Bertz CT molecular complexity index is 1190. The van der Waals surface area contributed by atoms with Crippen molar-refractivity contribution in [3.8, 4) is 28.7 Å². The van der Waals surface area contributed by atoms with Gasteiger partial charge in [0.15, 0.2) is 0 Å². The third-order valence-electron chi connectivity index (χ3n) is 4.34. The Morgan fingerprint density at radius 1 is 1.27 bits per heavy atom. The highest BCUT2D eigenvalue weighted by atomic mass is 19.1. The van der Waals surface area contributed by atoms with Gasteiger partial charge in [-0.05, 0) is 17.7 Å². The SMILES string of the molecule is Cn1ncc(-c2nc(-c3cccc(CC(N)=O)c3)no2)c1COc1ccc(F)cn1. The smallest absolute Gasteiger partial charge is 0.261 e. The summed E-state index contributed by atoms with van der Waals surface area (Å²) >= 11 is 0. The second kappa shape index (κ2) is 8.11. The summed E-state index contributed by atoms with van der Waals surface area (Å²) in [5.74, 6) is 0.0517. The molecule has 4 rings (SSSR count). The summed E-state index contributed by atoms with van der Waals surface area (Å²) in [5.41, 5.74) is 7.99. The van der Waals surface area contributed by atoms with Crippen LogP contribution in [0, 0.1) is 5.82 Å². The monoisotopic (exact) mass is 408 g/mol. The largest absolute Gasteiger partial charge is 0.471 e. The van der Waals surface area contributed by atoms with E-state index < -0.39 is 11.7 Å². The van der Waals surface area contributed by atoms with E-state index in [9.17, 15) is 9.18 Å². The van der Waals surface area contributed by atoms with E-state index in [1.165, 1.54) is 12.1 Å². The second-order valence-corrected chi connectivity index (χ2v) is 6.50. The van der Waals surface area contributed by atoms with E-state index in [1.807, 2.05) is 6.07 Å². The lowest BCUT2D eigenvalue weighted by Crippen LogP contribution is -2.13. The maximum Gasteiger partial charge on any atom is 0.261 e. The zero-order valence-corrected chi connectivity index (χ0v) is 15.9. The highest BCUT2D eigenvalue weighted by molar-refractivity contribution is 5.77. The van der Waals surface area contributed by atoms with E-state index in [1.54, 1.807) is 36.1 Å². The molecule has 0 aliphatic rings. The first-order valence-electron chi connectivity index (χ1n) is 8.96. The molecule has 0 aliphatic carbocycles. The third kappa shape index (κ3) is 4.17. The average Bonchev–Trinajstić information content (AvgIpc) is 3.34. The molecule has 0 spiro atoms. The molecule has 0 bridgehead atoms. The number of aromatic nitrogens is 5. The van der Waals surface area contributed by atoms with Crippen molar-refractivity contribution in [3.63, 3.8) is 0 Å². The topological polar surface area (TPSA) is 122 Å². The molecule has 0 atom stereocenters. The molecule has 152 valence electrons. The molecule has 0 fully saturated rings. The fourth-order valence-corrected chi connectivity index (χ4v) is 2.87. The van der Waals surface area contributed by atoms with Crippen LogP contribution < -0.4 is 10.5 Å². The highest BCUT2D eigenvalue weighted by Gasteiger charge is 2.19. The zero-order valence-electron chi connectivity index (χ0n) is 15.9. The minimum atomic E-state index is -0.443. The lowest BCUT2D eigenvalue weighted by molar-refractivity contribution is -0.117. The van der Waals surface area contributed by atoms with Gasteiger partial charge in [-0.25, -0.2) is 9.37 Å². The number of carbonyl (C=O) groups excluding carboxylic acids is 1. The fraction of sp³-hybridized carbons (Fsp3) is 0.150. The van der Waals surface area contributed by atoms with Crippen LogP contribution in [0.15, 0.2) is 53.3 Å². The standard InChI is InChI=1S/C20H17FN6O3/c1-27-16(11-29-18-6-5-14(21)9-23-18)15(10-24-27)20-25-19(26-30-20)13-4-2-3-12(7-13)8-17(22)28/h2-7,9-10H,8,11H2,1H3,(H2,22,28). The Morgan fingerprint density at radius 3 is 2.90 bits per heavy atom. The number of nitrogens with zero attached hydrogens (tertiary/aromatic N) is 5. The lowest BCUT2D eigenvalue weighted by atomic mass is 10.1. The molecule has 0 saturated carbocycles. The summed E-state index contributed by atoms with van der Waals surface area (Å²) < 4.78 is 25.7. The number of ether oxygens (including phenoxy) is 1. The number of hydrogen-bond acceptors (Lipinski definition) is 7. The van der Waals surface area contributed by atoms with E-state index in [4.69, 9.17) is 15.0 Å². The Balaban J connectivity index is 1.57. The molecule has 0 unspecified atom stereocenters. The second-order valence-electron chi connectivity index (χ2n) is 6.50. The summed E-state index contributed by atoms with van der Waals surface area (Å²) in [4.78, 5) is 19.5. The Morgan fingerprint density at radius 2 is 2.13 bits per heavy atom. The van der Waals surface area contributed by atoms with Crippen molar-refractivity contribution in [1.82, 2.24) is 24.9 Å². The van der Waals surface area contributed by atoms with Crippen molar-refractivity contribution >= 4 is 5.91 Å². The van der Waals surface area contributed by atoms with Gasteiger partial charge in [-0.1, -0.05) is 23.4 Å². The lowest BCUT2D eigenvalue weighted by Gasteiger charge is -2.06. The number of benzene rings is 1. The molecule has 0 saturated heterocycles. The molecule has 3 heterocycles. The molecule has 4 aromatic rings. The van der Waals surface area contributed by atoms with E-state index in [0.29, 0.717) is 22.6 Å². The van der Waals surface area contributed by atoms with Crippen LogP contribution in [0.4, 0.5) is 4.39 Å². The summed E-state index contributed by atoms with van der Waals surface area (Å²) in [7, 11) is 1.75. The van der Waals surface area contributed by atoms with E-state index in [0.717, 1.165) is 11.8 Å². The van der Waals surface area contributed by atoms with Gasteiger partial charge >= 0.3 is 0 Å². The van der Waals surface area contributed by atoms with Gasteiger partial charge in [-0.2, -0.15) is 10.1 Å². The van der Waals surface area contributed by atoms with Gasteiger partial charge in [0.1, 0.15) is 12.4 Å². The number of primary amides is 1. The predicted molar refractivity (Wildman–Crippen MR) is 103 cm³/mol. The Labute approximate surface area is 170 Å². The minimum absolute atomic E-state index is 0.121. The maximum atomic E-state index is 13.0. The molecule has 9 nitrogen and oxygen atoms in total. The fourth-order valence-electron chi connectivity index (χ4n) is 2.87. The van der Waals surface area contributed by atoms with Gasteiger partial charge < -0.3 is 15.0 Å². The van der Waals surface area contributed by atoms with Crippen LogP contribution in [-0.2, 0) is 24.9 Å².